The standard InChI is InChI=1S/C29H43NO9/c1-18(2)30-29(23(31)32,39-26(35)36-20-12-10-9-11-13-20)17-19-14-15-21(37-24(33)27(3,4)5)22(16-19)38-25(34)28(6,7)8/h14-16,18,20,30H,9-13,17H2,1-8H3,(H,31,32)/t29-/m0/s1. The van der Waals surface area contributed by atoms with Gasteiger partial charge in [-0.05, 0) is 98.8 Å². The van der Waals surface area contributed by atoms with E-state index in [1.807, 2.05) is 0 Å². The van der Waals surface area contributed by atoms with Crippen molar-refractivity contribution in [1.82, 2.24) is 5.32 Å². The van der Waals surface area contributed by atoms with Gasteiger partial charge in [0.25, 0.3) is 5.72 Å². The third kappa shape index (κ3) is 9.53. The van der Waals surface area contributed by atoms with Crippen molar-refractivity contribution >= 4 is 24.1 Å². The molecule has 0 aromatic heterocycles. The molecule has 1 atom stereocenters. The van der Waals surface area contributed by atoms with Crippen LogP contribution >= 0.6 is 0 Å². The molecule has 1 saturated carbocycles. The van der Waals surface area contributed by atoms with Crippen molar-refractivity contribution in [1.29, 1.82) is 0 Å². The lowest BCUT2D eigenvalue weighted by Gasteiger charge is -2.33. The highest BCUT2D eigenvalue weighted by Crippen LogP contribution is 2.34. The lowest BCUT2D eigenvalue weighted by Crippen LogP contribution is -2.59. The summed E-state index contributed by atoms with van der Waals surface area (Å²) in [5.41, 5.74) is -3.51. The maximum Gasteiger partial charge on any atom is 0.510 e. The average Bonchev–Trinajstić information content (AvgIpc) is 2.79. The number of benzene rings is 1. The maximum absolute atomic E-state index is 12.7. The van der Waals surface area contributed by atoms with Gasteiger partial charge in [-0.25, -0.2) is 9.59 Å². The summed E-state index contributed by atoms with van der Waals surface area (Å²) in [4.78, 5) is 50.5. The average molecular weight is 550 g/mol. The molecular formula is C29H43NO9. The molecule has 0 unspecified atom stereocenters. The summed E-state index contributed by atoms with van der Waals surface area (Å²) < 4.78 is 22.0. The molecule has 218 valence electrons. The molecule has 0 heterocycles. The number of hydrogen-bond acceptors (Lipinski definition) is 9. The van der Waals surface area contributed by atoms with E-state index in [0.29, 0.717) is 18.4 Å². The van der Waals surface area contributed by atoms with E-state index < -0.39 is 40.6 Å². The van der Waals surface area contributed by atoms with Gasteiger partial charge in [0.2, 0.25) is 0 Å². The summed E-state index contributed by atoms with van der Waals surface area (Å²) in [6.07, 6.45) is 2.58. The van der Waals surface area contributed by atoms with E-state index in [4.69, 9.17) is 18.9 Å². The molecule has 2 N–H and O–H groups in total. The van der Waals surface area contributed by atoms with Gasteiger partial charge in [0.1, 0.15) is 6.10 Å². The van der Waals surface area contributed by atoms with Crippen LogP contribution in [-0.4, -0.2) is 47.0 Å². The molecule has 0 amide bonds. The smallest absolute Gasteiger partial charge is 0.477 e. The van der Waals surface area contributed by atoms with Crippen LogP contribution in [0.15, 0.2) is 18.2 Å². The normalized spacial score (nSPS) is 16.2. The van der Waals surface area contributed by atoms with Crippen molar-refractivity contribution < 1.29 is 43.2 Å². The monoisotopic (exact) mass is 549 g/mol. The molecule has 1 fully saturated rings. The minimum Gasteiger partial charge on any atom is -0.477 e. The lowest BCUT2D eigenvalue weighted by atomic mass is 9.97. The van der Waals surface area contributed by atoms with Gasteiger partial charge in [-0.15, -0.1) is 0 Å². The molecule has 0 saturated heterocycles. The van der Waals surface area contributed by atoms with Gasteiger partial charge in [-0.1, -0.05) is 12.5 Å². The predicted octanol–water partition coefficient (Wildman–Crippen LogP) is 5.40. The molecule has 2 rings (SSSR count). The summed E-state index contributed by atoms with van der Waals surface area (Å²) in [6, 6.07) is 3.97. The molecule has 10 heteroatoms. The molecule has 1 aromatic carbocycles. The Morgan fingerprint density at radius 2 is 1.44 bits per heavy atom. The molecule has 1 aliphatic rings. The highest BCUT2D eigenvalue weighted by atomic mass is 16.7. The SMILES string of the molecule is CC(C)N[C@@](Cc1ccc(OC(=O)C(C)(C)C)c(OC(=O)C(C)(C)C)c1)(OC(=O)OC1CCCCC1)C(=O)O. The molecule has 0 bridgehead atoms. The molecule has 0 spiro atoms. The van der Waals surface area contributed by atoms with Crippen molar-refractivity contribution in [3.05, 3.63) is 23.8 Å². The van der Waals surface area contributed by atoms with Crippen LogP contribution in [0.3, 0.4) is 0 Å². The first-order valence-electron chi connectivity index (χ1n) is 13.4. The third-order valence-electron chi connectivity index (χ3n) is 6.03. The van der Waals surface area contributed by atoms with E-state index in [1.165, 1.54) is 18.2 Å². The number of ether oxygens (including phenoxy) is 4. The van der Waals surface area contributed by atoms with Crippen LogP contribution in [-0.2, 0) is 30.3 Å². The number of carboxylic acids is 1. The Bertz CT molecular complexity index is 1050. The number of carboxylic acid groups (broad SMARTS) is 1. The fraction of sp³-hybridized carbons (Fsp3) is 0.655. The molecule has 1 aliphatic carbocycles. The van der Waals surface area contributed by atoms with Gasteiger partial charge >= 0.3 is 24.1 Å². The Hall–Kier alpha value is -3.14. The number of rotatable bonds is 9. The van der Waals surface area contributed by atoms with Crippen LogP contribution in [0.25, 0.3) is 0 Å². The fourth-order valence-electron chi connectivity index (χ4n) is 3.87. The highest BCUT2D eigenvalue weighted by molar-refractivity contribution is 5.82. The summed E-state index contributed by atoms with van der Waals surface area (Å²) in [5.74, 6) is -2.60. The van der Waals surface area contributed by atoms with Gasteiger partial charge < -0.3 is 24.1 Å². The Labute approximate surface area is 230 Å². The van der Waals surface area contributed by atoms with E-state index in [1.54, 1.807) is 55.4 Å². The van der Waals surface area contributed by atoms with Gasteiger partial charge in [0.15, 0.2) is 11.5 Å². The van der Waals surface area contributed by atoms with Gasteiger partial charge in [-0.3, -0.25) is 14.9 Å². The van der Waals surface area contributed by atoms with Crippen LogP contribution in [0.5, 0.6) is 11.5 Å². The Morgan fingerprint density at radius 1 is 0.897 bits per heavy atom. The summed E-state index contributed by atoms with van der Waals surface area (Å²) in [6.45, 7) is 13.5. The third-order valence-corrected chi connectivity index (χ3v) is 6.03. The molecule has 39 heavy (non-hydrogen) atoms. The zero-order valence-electron chi connectivity index (χ0n) is 24.3. The number of nitrogens with one attached hydrogen (secondary N) is 1. The Kier molecular flexibility index (Phi) is 10.5. The number of carbonyl (C=O) groups is 4. The fourth-order valence-corrected chi connectivity index (χ4v) is 3.87. The minimum atomic E-state index is -2.17. The van der Waals surface area contributed by atoms with E-state index in [2.05, 4.69) is 5.32 Å². The van der Waals surface area contributed by atoms with Gasteiger partial charge in [0.05, 0.1) is 10.8 Å². The van der Waals surface area contributed by atoms with E-state index in [0.717, 1.165) is 19.3 Å². The van der Waals surface area contributed by atoms with E-state index in [9.17, 15) is 24.3 Å². The Morgan fingerprint density at radius 3 is 1.92 bits per heavy atom. The second-order valence-corrected chi connectivity index (χ2v) is 12.4. The van der Waals surface area contributed by atoms with Crippen LogP contribution in [0, 0.1) is 10.8 Å². The number of hydrogen-bond donors (Lipinski definition) is 2. The predicted molar refractivity (Wildman–Crippen MR) is 143 cm³/mol. The van der Waals surface area contributed by atoms with Gasteiger partial charge in [0, 0.05) is 12.5 Å². The summed E-state index contributed by atoms with van der Waals surface area (Å²) in [7, 11) is 0. The molecule has 0 aliphatic heterocycles. The van der Waals surface area contributed by atoms with E-state index in [-0.39, 0.29) is 30.1 Å². The second-order valence-electron chi connectivity index (χ2n) is 12.4. The molecule has 0 radical (unpaired) electrons. The van der Waals surface area contributed by atoms with Crippen molar-refractivity contribution in [2.45, 2.75) is 112 Å². The summed E-state index contributed by atoms with van der Waals surface area (Å²) >= 11 is 0. The highest BCUT2D eigenvalue weighted by Gasteiger charge is 2.45. The van der Waals surface area contributed by atoms with Crippen LogP contribution in [0.2, 0.25) is 0 Å². The van der Waals surface area contributed by atoms with Crippen molar-refractivity contribution in [2.75, 3.05) is 0 Å². The molecular weight excluding hydrogens is 506 g/mol. The zero-order chi connectivity index (χ0) is 29.6. The van der Waals surface area contributed by atoms with Crippen molar-refractivity contribution in [3.63, 3.8) is 0 Å². The first-order chi connectivity index (χ1) is 17.9. The summed E-state index contributed by atoms with van der Waals surface area (Å²) in [5, 5.41) is 13.1. The van der Waals surface area contributed by atoms with Crippen LogP contribution in [0.4, 0.5) is 4.79 Å². The quantitative estimate of drug-likeness (QED) is 0.234. The van der Waals surface area contributed by atoms with Gasteiger partial charge in [-0.2, -0.15) is 0 Å². The lowest BCUT2D eigenvalue weighted by molar-refractivity contribution is -0.168. The first-order valence-corrected chi connectivity index (χ1v) is 13.4. The molecule has 10 nitrogen and oxygen atoms in total. The number of esters is 2. The largest absolute Gasteiger partial charge is 0.510 e. The topological polar surface area (TPSA) is 137 Å². The first kappa shape index (κ1) is 32.1. The number of carbonyl (C=O) groups excluding carboxylic acids is 3. The minimum absolute atomic E-state index is 0.00615. The molecule has 1 aromatic rings. The zero-order valence-corrected chi connectivity index (χ0v) is 24.3. The maximum atomic E-state index is 12.7. The van der Waals surface area contributed by atoms with E-state index >= 15 is 0 Å². The second kappa shape index (κ2) is 12.8. The van der Waals surface area contributed by atoms with Crippen molar-refractivity contribution in [2.24, 2.45) is 10.8 Å². The van der Waals surface area contributed by atoms with Crippen LogP contribution < -0.4 is 14.8 Å². The van der Waals surface area contributed by atoms with Crippen molar-refractivity contribution in [3.8, 4) is 11.5 Å². The Balaban J connectivity index is 2.43. The van der Waals surface area contributed by atoms with Crippen LogP contribution in [0.1, 0.15) is 93.1 Å². The number of aliphatic carboxylic acids is 1.